The molecule has 0 fully saturated rings. The number of benzene rings is 1. The summed E-state index contributed by atoms with van der Waals surface area (Å²) in [6, 6.07) is 8.73. The Bertz CT molecular complexity index is 724. The summed E-state index contributed by atoms with van der Waals surface area (Å²) in [6.07, 6.45) is 1.16. The molecule has 0 saturated heterocycles. The highest BCUT2D eigenvalue weighted by Crippen LogP contribution is 2.21. The van der Waals surface area contributed by atoms with Gasteiger partial charge < -0.3 is 19.6 Å². The third kappa shape index (κ3) is 4.45. The van der Waals surface area contributed by atoms with Crippen molar-refractivity contribution >= 4 is 12.1 Å². The van der Waals surface area contributed by atoms with Gasteiger partial charge in [-0.2, -0.15) is 0 Å². The number of carboxylic acid groups (broad SMARTS) is 1. The summed E-state index contributed by atoms with van der Waals surface area (Å²) in [6.45, 7) is 5.04. The molecule has 1 aromatic heterocycles. The van der Waals surface area contributed by atoms with Gasteiger partial charge in [-0.25, -0.2) is 14.6 Å². The van der Waals surface area contributed by atoms with E-state index in [0.717, 1.165) is 5.56 Å². The van der Waals surface area contributed by atoms with Crippen molar-refractivity contribution in [2.24, 2.45) is 0 Å². The van der Waals surface area contributed by atoms with E-state index in [0.29, 0.717) is 6.42 Å². The molecule has 2 rings (SSSR count). The topological polar surface area (TPSA) is 102 Å². The number of oxazole rings is 1. The minimum atomic E-state index is -1.19. The number of aryl methyl sites for hydroxylation is 1. The molecule has 1 aromatic carbocycles. The maximum atomic E-state index is 11.8. The molecule has 24 heavy (non-hydrogen) atoms. The molecule has 7 nitrogen and oxygen atoms in total. The Kier molecular flexibility index (Phi) is 5.73. The molecule has 7 heteroatoms. The van der Waals surface area contributed by atoms with Gasteiger partial charge >= 0.3 is 12.1 Å². The SMILES string of the molecule is C=CCOC(=O)N[C@@H](Cc1ccccc1)c1nc(C(=O)O)c(C)o1. The van der Waals surface area contributed by atoms with Crippen LogP contribution in [0.5, 0.6) is 0 Å². The summed E-state index contributed by atoms with van der Waals surface area (Å²) >= 11 is 0. The van der Waals surface area contributed by atoms with E-state index in [1.807, 2.05) is 30.3 Å². The lowest BCUT2D eigenvalue weighted by atomic mass is 10.1. The summed E-state index contributed by atoms with van der Waals surface area (Å²) < 4.78 is 10.3. The maximum Gasteiger partial charge on any atom is 0.408 e. The molecule has 0 aliphatic carbocycles. The number of hydrogen-bond acceptors (Lipinski definition) is 5. The lowest BCUT2D eigenvalue weighted by Crippen LogP contribution is -2.31. The molecule has 0 spiro atoms. The van der Waals surface area contributed by atoms with Crippen molar-refractivity contribution in [1.29, 1.82) is 0 Å². The fourth-order valence-electron chi connectivity index (χ4n) is 2.13. The number of alkyl carbamates (subject to hydrolysis) is 1. The highest BCUT2D eigenvalue weighted by Gasteiger charge is 2.25. The van der Waals surface area contributed by atoms with Gasteiger partial charge in [0, 0.05) is 6.42 Å². The summed E-state index contributed by atoms with van der Waals surface area (Å²) in [7, 11) is 0. The number of nitrogens with zero attached hydrogens (tertiary/aromatic N) is 1. The second-order valence-corrected chi connectivity index (χ2v) is 5.04. The first kappa shape index (κ1) is 17.3. The molecule has 1 amide bonds. The van der Waals surface area contributed by atoms with Crippen LogP contribution in [0.25, 0.3) is 0 Å². The van der Waals surface area contributed by atoms with Crippen LogP contribution >= 0.6 is 0 Å². The van der Waals surface area contributed by atoms with Crippen LogP contribution < -0.4 is 5.32 Å². The van der Waals surface area contributed by atoms with Crippen molar-refractivity contribution in [1.82, 2.24) is 10.3 Å². The summed E-state index contributed by atoms with van der Waals surface area (Å²) in [5, 5.41) is 11.7. The van der Waals surface area contributed by atoms with Crippen LogP contribution in [0.15, 0.2) is 47.4 Å². The fourth-order valence-corrected chi connectivity index (χ4v) is 2.13. The zero-order valence-electron chi connectivity index (χ0n) is 13.2. The number of rotatable bonds is 7. The molecular weight excluding hydrogens is 312 g/mol. The molecule has 0 aliphatic rings. The van der Waals surface area contributed by atoms with Gasteiger partial charge in [0.25, 0.3) is 0 Å². The zero-order chi connectivity index (χ0) is 17.5. The lowest BCUT2D eigenvalue weighted by molar-refractivity contribution is 0.0689. The minimum Gasteiger partial charge on any atom is -0.476 e. The molecule has 0 radical (unpaired) electrons. The zero-order valence-corrected chi connectivity index (χ0v) is 13.2. The van der Waals surface area contributed by atoms with E-state index >= 15 is 0 Å². The number of carbonyl (C=O) groups excluding carboxylic acids is 1. The fraction of sp³-hybridized carbons (Fsp3) is 0.235. The molecule has 1 heterocycles. The molecule has 2 aromatic rings. The standard InChI is InChI=1S/C17H18N2O5/c1-3-9-23-17(22)18-13(10-12-7-5-4-6-8-12)15-19-14(16(20)21)11(2)24-15/h3-8,13H,1,9-10H2,2H3,(H,18,22)(H,20,21)/t13-/m0/s1. The highest BCUT2D eigenvalue weighted by molar-refractivity contribution is 5.86. The van der Waals surface area contributed by atoms with Crippen molar-refractivity contribution in [3.8, 4) is 0 Å². The predicted octanol–water partition coefficient (Wildman–Crippen LogP) is 2.88. The van der Waals surface area contributed by atoms with E-state index in [1.54, 1.807) is 0 Å². The normalized spacial score (nSPS) is 11.5. The Morgan fingerprint density at radius 3 is 2.71 bits per heavy atom. The van der Waals surface area contributed by atoms with Crippen LogP contribution in [0.2, 0.25) is 0 Å². The van der Waals surface area contributed by atoms with Gasteiger partial charge in [0.1, 0.15) is 18.4 Å². The molecule has 0 unspecified atom stereocenters. The van der Waals surface area contributed by atoms with Crippen LogP contribution in [-0.2, 0) is 11.2 Å². The second-order valence-electron chi connectivity index (χ2n) is 5.04. The van der Waals surface area contributed by atoms with E-state index in [-0.39, 0.29) is 24.0 Å². The minimum absolute atomic E-state index is 0.0644. The highest BCUT2D eigenvalue weighted by atomic mass is 16.5. The number of ether oxygens (including phenoxy) is 1. The van der Waals surface area contributed by atoms with Crippen molar-refractivity contribution < 1.29 is 23.8 Å². The maximum absolute atomic E-state index is 11.8. The van der Waals surface area contributed by atoms with Crippen LogP contribution in [-0.4, -0.2) is 28.8 Å². The van der Waals surface area contributed by atoms with Crippen molar-refractivity contribution in [2.75, 3.05) is 6.61 Å². The number of aromatic nitrogens is 1. The van der Waals surface area contributed by atoms with Crippen LogP contribution in [0.3, 0.4) is 0 Å². The lowest BCUT2D eigenvalue weighted by Gasteiger charge is -2.15. The van der Waals surface area contributed by atoms with Gasteiger partial charge in [-0.3, -0.25) is 0 Å². The van der Waals surface area contributed by atoms with E-state index in [2.05, 4.69) is 16.9 Å². The predicted molar refractivity (Wildman–Crippen MR) is 85.8 cm³/mol. The monoisotopic (exact) mass is 330 g/mol. The number of nitrogens with one attached hydrogen (secondary N) is 1. The Morgan fingerprint density at radius 2 is 2.12 bits per heavy atom. The number of aromatic carboxylic acids is 1. The van der Waals surface area contributed by atoms with E-state index in [1.165, 1.54) is 13.0 Å². The van der Waals surface area contributed by atoms with Crippen molar-refractivity contribution in [3.63, 3.8) is 0 Å². The second kappa shape index (κ2) is 7.96. The van der Waals surface area contributed by atoms with Gasteiger partial charge in [0.15, 0.2) is 5.69 Å². The first-order valence-electron chi connectivity index (χ1n) is 7.30. The number of amides is 1. The third-order valence-electron chi connectivity index (χ3n) is 3.22. The van der Waals surface area contributed by atoms with E-state index < -0.39 is 18.1 Å². The molecule has 1 atom stereocenters. The summed E-state index contributed by atoms with van der Waals surface area (Å²) in [5.74, 6) is -0.892. The Labute approximate surface area is 139 Å². The smallest absolute Gasteiger partial charge is 0.408 e. The number of carbonyl (C=O) groups is 2. The van der Waals surface area contributed by atoms with Gasteiger partial charge in [-0.1, -0.05) is 43.0 Å². The molecule has 0 aliphatic heterocycles. The average molecular weight is 330 g/mol. The van der Waals surface area contributed by atoms with Gasteiger partial charge in [-0.15, -0.1) is 0 Å². The largest absolute Gasteiger partial charge is 0.476 e. The van der Waals surface area contributed by atoms with Crippen molar-refractivity contribution in [3.05, 3.63) is 65.9 Å². The Balaban J connectivity index is 2.24. The van der Waals surface area contributed by atoms with E-state index in [9.17, 15) is 9.59 Å². The Hall–Kier alpha value is -3.09. The third-order valence-corrected chi connectivity index (χ3v) is 3.22. The quantitative estimate of drug-likeness (QED) is 0.757. The van der Waals surface area contributed by atoms with Crippen molar-refractivity contribution in [2.45, 2.75) is 19.4 Å². The van der Waals surface area contributed by atoms with Crippen LogP contribution in [0.4, 0.5) is 4.79 Å². The van der Waals surface area contributed by atoms with Gasteiger partial charge in [0.05, 0.1) is 0 Å². The summed E-state index contributed by atoms with van der Waals surface area (Å²) in [4.78, 5) is 27.0. The molecule has 0 saturated carbocycles. The number of carboxylic acids is 1. The Morgan fingerprint density at radius 1 is 1.42 bits per heavy atom. The van der Waals surface area contributed by atoms with Crippen LogP contribution in [0.1, 0.15) is 33.7 Å². The molecular formula is C17H18N2O5. The molecule has 126 valence electrons. The average Bonchev–Trinajstić information content (AvgIpc) is 2.95. The van der Waals surface area contributed by atoms with Gasteiger partial charge in [-0.05, 0) is 12.5 Å². The number of hydrogen-bond donors (Lipinski definition) is 2. The van der Waals surface area contributed by atoms with Crippen LogP contribution in [0, 0.1) is 6.92 Å². The first-order valence-corrected chi connectivity index (χ1v) is 7.30. The first-order chi connectivity index (χ1) is 11.5. The van der Waals surface area contributed by atoms with E-state index in [4.69, 9.17) is 14.3 Å². The molecule has 0 bridgehead atoms. The summed E-state index contributed by atoms with van der Waals surface area (Å²) in [5.41, 5.74) is 0.753. The molecule has 2 N–H and O–H groups in total. The van der Waals surface area contributed by atoms with Gasteiger partial charge in [0.2, 0.25) is 5.89 Å².